The summed E-state index contributed by atoms with van der Waals surface area (Å²) < 4.78 is 1.37. The lowest BCUT2D eigenvalue weighted by Gasteiger charge is -1.84. The third-order valence-corrected chi connectivity index (χ3v) is 3.05. The molecule has 0 bridgehead atoms. The van der Waals surface area contributed by atoms with Gasteiger partial charge in [-0.15, -0.1) is 11.3 Å². The van der Waals surface area contributed by atoms with Crippen molar-refractivity contribution in [2.75, 3.05) is 0 Å². The van der Waals surface area contributed by atoms with Gasteiger partial charge < -0.3 is 4.98 Å². The van der Waals surface area contributed by atoms with Gasteiger partial charge in [0.1, 0.15) is 0 Å². The number of nitrogens with one attached hydrogen (secondary N) is 1. The Morgan fingerprint density at radius 3 is 2.90 bits per heavy atom. The molecule has 2 heteroatoms. The van der Waals surface area contributed by atoms with Crippen LogP contribution in [-0.4, -0.2) is 4.98 Å². The van der Waals surface area contributed by atoms with E-state index in [0.29, 0.717) is 0 Å². The monoisotopic (exact) mass is 151 g/mol. The number of aromatic nitrogens is 1. The van der Waals surface area contributed by atoms with E-state index in [2.05, 4.69) is 24.9 Å². The van der Waals surface area contributed by atoms with E-state index in [9.17, 15) is 0 Å². The molecule has 1 nitrogen and oxygen atoms in total. The summed E-state index contributed by atoms with van der Waals surface area (Å²) in [4.78, 5) is 4.64. The quantitative estimate of drug-likeness (QED) is 0.596. The number of H-pyrrole nitrogens is 1. The molecule has 2 aromatic rings. The Kier molecular flexibility index (Phi) is 1.11. The number of rotatable bonds is 0. The highest BCUT2D eigenvalue weighted by atomic mass is 32.1. The first-order valence-corrected chi connectivity index (χ1v) is 4.14. The van der Waals surface area contributed by atoms with Crippen LogP contribution in [-0.2, 0) is 0 Å². The first-order chi connectivity index (χ1) is 4.79. The fraction of sp³-hybridized carbons (Fsp3) is 0.250. The number of hydrogen-bond donors (Lipinski definition) is 1. The van der Waals surface area contributed by atoms with E-state index in [0.717, 1.165) is 0 Å². The lowest BCUT2D eigenvalue weighted by Crippen LogP contribution is -1.69. The van der Waals surface area contributed by atoms with Crippen molar-refractivity contribution in [3.63, 3.8) is 0 Å². The van der Waals surface area contributed by atoms with Gasteiger partial charge >= 0.3 is 0 Å². The van der Waals surface area contributed by atoms with Crippen LogP contribution in [0.1, 0.15) is 10.4 Å². The molecule has 52 valence electrons. The second kappa shape index (κ2) is 1.86. The summed E-state index contributed by atoms with van der Waals surface area (Å²) in [5.74, 6) is 0. The van der Waals surface area contributed by atoms with Crippen molar-refractivity contribution < 1.29 is 0 Å². The lowest BCUT2D eigenvalue weighted by molar-refractivity contribution is 1.40. The maximum absolute atomic E-state index is 3.22. The van der Waals surface area contributed by atoms with Gasteiger partial charge in [0.25, 0.3) is 0 Å². The van der Waals surface area contributed by atoms with Gasteiger partial charge in [-0.1, -0.05) is 0 Å². The molecule has 0 saturated heterocycles. The van der Waals surface area contributed by atoms with E-state index in [4.69, 9.17) is 0 Å². The van der Waals surface area contributed by atoms with Crippen molar-refractivity contribution in [2.45, 2.75) is 13.8 Å². The van der Waals surface area contributed by atoms with Gasteiger partial charge in [0.05, 0.1) is 10.2 Å². The summed E-state index contributed by atoms with van der Waals surface area (Å²) in [6.45, 7) is 4.32. The minimum Gasteiger partial charge on any atom is -0.360 e. The molecule has 2 aromatic heterocycles. The minimum atomic E-state index is 1.31. The van der Waals surface area contributed by atoms with Crippen LogP contribution in [0, 0.1) is 13.8 Å². The predicted octanol–water partition coefficient (Wildman–Crippen LogP) is 2.85. The SMILES string of the molecule is Cc1sc2cc[nH]c2c1C. The Hall–Kier alpha value is -0.760. The number of aryl methyl sites for hydroxylation is 2. The zero-order chi connectivity index (χ0) is 7.14. The second-order valence-corrected chi connectivity index (χ2v) is 3.76. The molecule has 0 aliphatic carbocycles. The Balaban J connectivity index is 2.95. The topological polar surface area (TPSA) is 15.8 Å². The standard InChI is InChI=1S/C8H9NS/c1-5-6(2)10-7-3-4-9-8(5)7/h3-4,9H,1-2H3. The van der Waals surface area contributed by atoms with Gasteiger partial charge in [0.15, 0.2) is 0 Å². The van der Waals surface area contributed by atoms with Gasteiger partial charge in [0, 0.05) is 11.1 Å². The molecule has 10 heavy (non-hydrogen) atoms. The molecule has 2 rings (SSSR count). The second-order valence-electron chi connectivity index (χ2n) is 2.50. The Bertz CT molecular complexity index is 356. The van der Waals surface area contributed by atoms with Crippen molar-refractivity contribution in [3.05, 3.63) is 22.7 Å². The summed E-state index contributed by atoms with van der Waals surface area (Å²) in [5.41, 5.74) is 2.70. The van der Waals surface area contributed by atoms with Gasteiger partial charge in [0.2, 0.25) is 0 Å². The molecule has 0 spiro atoms. The smallest absolute Gasteiger partial charge is 0.0595 e. The van der Waals surface area contributed by atoms with Crippen LogP contribution >= 0.6 is 11.3 Å². The molecule has 0 aliphatic heterocycles. The molecule has 0 aromatic carbocycles. The van der Waals surface area contributed by atoms with Crippen molar-refractivity contribution >= 4 is 21.6 Å². The van der Waals surface area contributed by atoms with Crippen molar-refractivity contribution in [2.24, 2.45) is 0 Å². The first kappa shape index (κ1) is 5.98. The first-order valence-electron chi connectivity index (χ1n) is 3.32. The van der Waals surface area contributed by atoms with Crippen LogP contribution in [0.25, 0.3) is 10.2 Å². The summed E-state index contributed by atoms with van der Waals surface area (Å²) in [6, 6.07) is 2.12. The van der Waals surface area contributed by atoms with Crippen LogP contribution < -0.4 is 0 Å². The zero-order valence-corrected chi connectivity index (χ0v) is 6.88. The highest BCUT2D eigenvalue weighted by Gasteiger charge is 2.03. The van der Waals surface area contributed by atoms with Crippen molar-refractivity contribution in [1.82, 2.24) is 4.98 Å². The largest absolute Gasteiger partial charge is 0.360 e. The molecule has 0 saturated carbocycles. The average Bonchev–Trinajstić information content (AvgIpc) is 2.41. The lowest BCUT2D eigenvalue weighted by atomic mass is 10.3. The average molecular weight is 151 g/mol. The Morgan fingerprint density at radius 2 is 2.20 bits per heavy atom. The molecule has 0 radical (unpaired) electrons. The van der Waals surface area contributed by atoms with Crippen LogP contribution in [0.15, 0.2) is 12.3 Å². The van der Waals surface area contributed by atoms with Gasteiger partial charge in [-0.25, -0.2) is 0 Å². The normalized spacial score (nSPS) is 11.0. The van der Waals surface area contributed by atoms with E-state index >= 15 is 0 Å². The third kappa shape index (κ3) is 0.625. The summed E-state index contributed by atoms with van der Waals surface area (Å²) in [5, 5.41) is 0. The molecule has 0 amide bonds. The van der Waals surface area contributed by atoms with Crippen LogP contribution in [0.5, 0.6) is 0 Å². The third-order valence-electron chi connectivity index (χ3n) is 1.87. The summed E-state index contributed by atoms with van der Waals surface area (Å²) >= 11 is 1.85. The van der Waals surface area contributed by atoms with Gasteiger partial charge in [-0.05, 0) is 25.5 Å². The Morgan fingerprint density at radius 1 is 1.40 bits per heavy atom. The fourth-order valence-electron chi connectivity index (χ4n) is 1.15. The maximum atomic E-state index is 3.22. The van der Waals surface area contributed by atoms with E-state index in [1.54, 1.807) is 0 Å². The molecule has 0 atom stereocenters. The fourth-order valence-corrected chi connectivity index (χ4v) is 2.19. The molecular weight excluding hydrogens is 142 g/mol. The number of hydrogen-bond acceptors (Lipinski definition) is 1. The number of fused-ring (bicyclic) bond motifs is 1. The molecule has 0 unspecified atom stereocenters. The van der Waals surface area contributed by atoms with Crippen LogP contribution in [0.4, 0.5) is 0 Å². The Labute approximate surface area is 63.7 Å². The summed E-state index contributed by atoms with van der Waals surface area (Å²) in [7, 11) is 0. The minimum absolute atomic E-state index is 1.31. The van der Waals surface area contributed by atoms with E-state index in [1.807, 2.05) is 17.5 Å². The summed E-state index contributed by atoms with van der Waals surface area (Å²) in [6.07, 6.45) is 1.99. The molecule has 0 fully saturated rings. The molecule has 1 N–H and O–H groups in total. The number of aromatic amines is 1. The van der Waals surface area contributed by atoms with E-state index in [-0.39, 0.29) is 0 Å². The molecular formula is C8H9NS. The van der Waals surface area contributed by atoms with Gasteiger partial charge in [-0.3, -0.25) is 0 Å². The number of thiophene rings is 1. The highest BCUT2D eigenvalue weighted by Crippen LogP contribution is 2.28. The van der Waals surface area contributed by atoms with Crippen LogP contribution in [0.2, 0.25) is 0 Å². The predicted molar refractivity (Wildman–Crippen MR) is 45.6 cm³/mol. The van der Waals surface area contributed by atoms with Crippen molar-refractivity contribution in [3.8, 4) is 0 Å². The molecule has 0 aliphatic rings. The highest BCUT2D eigenvalue weighted by molar-refractivity contribution is 7.19. The van der Waals surface area contributed by atoms with Crippen LogP contribution in [0.3, 0.4) is 0 Å². The van der Waals surface area contributed by atoms with E-state index in [1.165, 1.54) is 20.7 Å². The molecule has 2 heterocycles. The van der Waals surface area contributed by atoms with E-state index < -0.39 is 0 Å². The zero-order valence-electron chi connectivity index (χ0n) is 6.06. The van der Waals surface area contributed by atoms with Gasteiger partial charge in [-0.2, -0.15) is 0 Å². The maximum Gasteiger partial charge on any atom is 0.0595 e. The van der Waals surface area contributed by atoms with Crippen molar-refractivity contribution in [1.29, 1.82) is 0 Å².